The Kier molecular flexibility index (Phi) is 10.0. The van der Waals surface area contributed by atoms with Crippen LogP contribution in [0.1, 0.15) is 74.9 Å². The number of anilines is 6. The first kappa shape index (κ1) is 47.0. The number of para-hydroxylation sites is 2. The van der Waals surface area contributed by atoms with Crippen molar-refractivity contribution in [3.8, 4) is 22.3 Å². The van der Waals surface area contributed by atoms with Crippen LogP contribution in [0.2, 0.25) is 0 Å². The molecule has 15 rings (SSSR count). The predicted octanol–water partition coefficient (Wildman–Crippen LogP) is 20.8. The first-order valence-electron chi connectivity index (χ1n) is 27.2. The third-order valence-electron chi connectivity index (χ3n) is 16.9. The average Bonchev–Trinajstić information content (AvgIpc) is 1.70. The van der Waals surface area contributed by atoms with E-state index in [9.17, 15) is 0 Å². The van der Waals surface area contributed by atoms with Gasteiger partial charge in [0.1, 0.15) is 28.4 Å². The van der Waals surface area contributed by atoms with E-state index in [0.29, 0.717) is 16.9 Å². The number of rotatable bonds is 6. The summed E-state index contributed by atoms with van der Waals surface area (Å²) >= 11 is 0. The second-order valence-electron chi connectivity index (χ2n) is 23.5. The molecule has 2 aliphatic carbocycles. The predicted molar refractivity (Wildman–Crippen MR) is 321 cm³/mol. The summed E-state index contributed by atoms with van der Waals surface area (Å²) in [5.41, 5.74) is 17.0. The van der Waals surface area contributed by atoms with Crippen LogP contribution in [-0.2, 0) is 16.2 Å². The van der Waals surface area contributed by atoms with Crippen LogP contribution >= 0.6 is 0 Å². The first-order chi connectivity index (χ1) is 38.3. The lowest BCUT2D eigenvalue weighted by atomic mass is 9.70. The van der Waals surface area contributed by atoms with Crippen LogP contribution in [0.15, 0.2) is 227 Å². The monoisotopic (exact) mass is 1030 g/mol. The summed E-state index contributed by atoms with van der Waals surface area (Å²) in [6, 6.07) is 75.1. The number of fused-ring (bicyclic) bond motifs is 19. The molecule has 2 aliphatic rings. The molecule has 0 saturated carbocycles. The number of hydrogen-bond acceptors (Lipinski definition) is 4. The molecule has 0 aliphatic heterocycles. The smallest absolute Gasteiger partial charge is 0.160 e. The number of nitrogens with zero attached hydrogens (tertiary/aromatic N) is 2. The maximum absolute atomic E-state index is 17.1. The van der Waals surface area contributed by atoms with Gasteiger partial charge in [-0.2, -0.15) is 0 Å². The van der Waals surface area contributed by atoms with E-state index in [1.165, 1.54) is 11.6 Å². The molecule has 6 heteroatoms. The summed E-state index contributed by atoms with van der Waals surface area (Å²) in [6.07, 6.45) is 0. The van der Waals surface area contributed by atoms with E-state index < -0.39 is 17.0 Å². The largest absolute Gasteiger partial charge is 0.455 e. The summed E-state index contributed by atoms with van der Waals surface area (Å²) < 4.78 is 47.1. The third kappa shape index (κ3) is 6.83. The highest BCUT2D eigenvalue weighted by Gasteiger charge is 2.54. The quantitative estimate of drug-likeness (QED) is 0.166. The van der Waals surface area contributed by atoms with Gasteiger partial charge in [-0.05, 0) is 139 Å². The summed E-state index contributed by atoms with van der Waals surface area (Å²) in [4.78, 5) is 4.34. The molecular weight excluding hydrogens is 975 g/mol. The van der Waals surface area contributed by atoms with Crippen LogP contribution in [0.3, 0.4) is 0 Å². The zero-order chi connectivity index (χ0) is 53.7. The van der Waals surface area contributed by atoms with E-state index in [2.05, 4.69) is 222 Å². The van der Waals surface area contributed by atoms with Gasteiger partial charge in [-0.3, -0.25) is 0 Å². The summed E-state index contributed by atoms with van der Waals surface area (Å²) in [6.45, 7) is 13.3. The minimum atomic E-state index is -0.963. The van der Waals surface area contributed by atoms with E-state index in [1.54, 1.807) is 6.07 Å². The fourth-order valence-electron chi connectivity index (χ4n) is 13.2. The van der Waals surface area contributed by atoms with Gasteiger partial charge < -0.3 is 18.6 Å². The second-order valence-corrected chi connectivity index (χ2v) is 23.5. The standard InChI is InChI=1S/C73H54F2N2O2/c1-71(2,3)45-28-34-48(35-29-45)76(50-33-27-43-17-7-8-18-44(43)39-50)62-42-57-67(66-54-22-12-16-26-64(54)78-69(62)66)68-58(73(57)55-23-13-9-19-51(55)52-20-10-14-24-56(52)73)41-61(65-53-21-11-15-25-63(53)79-70(65)68)77(60-38-32-47(74)40-59(60)75)49-36-30-46(31-37-49)72(4,5)6/h7-42H,1-6H3. The van der Waals surface area contributed by atoms with E-state index in [-0.39, 0.29) is 16.5 Å². The van der Waals surface area contributed by atoms with E-state index >= 15 is 8.78 Å². The van der Waals surface area contributed by atoms with E-state index in [0.717, 1.165) is 122 Å². The lowest BCUT2D eigenvalue weighted by molar-refractivity contribution is 0.584. The van der Waals surface area contributed by atoms with Crippen molar-refractivity contribution in [1.82, 2.24) is 0 Å². The molecule has 0 bridgehead atoms. The molecule has 4 nitrogen and oxygen atoms in total. The molecule has 0 saturated heterocycles. The zero-order valence-corrected chi connectivity index (χ0v) is 44.8. The van der Waals surface area contributed by atoms with Crippen molar-refractivity contribution in [1.29, 1.82) is 0 Å². The van der Waals surface area contributed by atoms with E-state index in [4.69, 9.17) is 8.83 Å². The molecule has 0 amide bonds. The Balaban J connectivity index is 1.14. The van der Waals surface area contributed by atoms with Crippen molar-refractivity contribution >= 4 is 88.8 Å². The van der Waals surface area contributed by atoms with Crippen LogP contribution in [0.4, 0.5) is 42.9 Å². The van der Waals surface area contributed by atoms with Crippen molar-refractivity contribution in [2.24, 2.45) is 0 Å². The fraction of sp³-hybridized carbons (Fsp3) is 0.123. The van der Waals surface area contributed by atoms with Gasteiger partial charge in [0.25, 0.3) is 0 Å². The zero-order valence-electron chi connectivity index (χ0n) is 44.8. The van der Waals surface area contributed by atoms with Gasteiger partial charge in [0.05, 0.1) is 27.9 Å². The molecule has 2 aromatic heterocycles. The van der Waals surface area contributed by atoms with Crippen molar-refractivity contribution < 1.29 is 17.6 Å². The highest BCUT2D eigenvalue weighted by molar-refractivity contribution is 6.26. The summed E-state index contributed by atoms with van der Waals surface area (Å²) in [7, 11) is 0. The highest BCUT2D eigenvalue weighted by atomic mass is 19.1. The third-order valence-corrected chi connectivity index (χ3v) is 16.9. The van der Waals surface area contributed by atoms with Crippen LogP contribution in [0.5, 0.6) is 0 Å². The topological polar surface area (TPSA) is 32.8 Å². The van der Waals surface area contributed by atoms with Crippen molar-refractivity contribution in [3.63, 3.8) is 0 Å². The number of hydrogen-bond donors (Lipinski definition) is 0. The molecule has 0 atom stereocenters. The van der Waals surface area contributed by atoms with Crippen molar-refractivity contribution in [2.75, 3.05) is 9.80 Å². The Labute approximate surface area is 457 Å². The van der Waals surface area contributed by atoms with Crippen LogP contribution < -0.4 is 9.80 Å². The molecule has 382 valence electrons. The molecular formula is C73H54F2N2O2. The highest BCUT2D eigenvalue weighted by Crippen LogP contribution is 2.68. The van der Waals surface area contributed by atoms with Gasteiger partial charge in [0.15, 0.2) is 5.58 Å². The average molecular weight is 1030 g/mol. The Morgan fingerprint density at radius 1 is 0.380 bits per heavy atom. The SMILES string of the molecule is CC(C)(C)c1ccc(N(c2ccc3ccccc3c2)c2cc3c(c4c2oc2ccccc24)-c2c(cc(N(c4ccc(C(C)(C)C)cc4)c4ccc(F)cc4F)c4c2oc2ccccc24)C32c3ccccc3-c3ccccc32)cc1. The van der Waals surface area contributed by atoms with Crippen molar-refractivity contribution in [2.45, 2.75) is 57.8 Å². The van der Waals surface area contributed by atoms with Crippen LogP contribution in [-0.4, -0.2) is 0 Å². The van der Waals surface area contributed by atoms with E-state index in [1.807, 2.05) is 29.2 Å². The van der Waals surface area contributed by atoms with Gasteiger partial charge in [0.2, 0.25) is 0 Å². The minimum absolute atomic E-state index is 0.0674. The Morgan fingerprint density at radius 3 is 1.51 bits per heavy atom. The first-order valence-corrected chi connectivity index (χ1v) is 27.2. The number of halogens is 2. The molecule has 11 aromatic carbocycles. The molecule has 13 aromatic rings. The number of benzene rings is 11. The lowest BCUT2D eigenvalue weighted by Crippen LogP contribution is -2.26. The minimum Gasteiger partial charge on any atom is -0.455 e. The van der Waals surface area contributed by atoms with Crippen LogP contribution in [0, 0.1) is 11.6 Å². The Bertz CT molecular complexity index is 4620. The van der Waals surface area contributed by atoms with Gasteiger partial charge in [0, 0.05) is 50.4 Å². The normalized spacial score (nSPS) is 13.4. The van der Waals surface area contributed by atoms with Gasteiger partial charge in [-0.15, -0.1) is 0 Å². The molecule has 0 fully saturated rings. The second kappa shape index (κ2) is 16.9. The summed E-state index contributed by atoms with van der Waals surface area (Å²) in [5, 5.41) is 5.89. The molecule has 1 spiro atoms. The number of furan rings is 2. The van der Waals surface area contributed by atoms with Gasteiger partial charge in [-0.25, -0.2) is 8.78 Å². The van der Waals surface area contributed by atoms with Gasteiger partial charge >= 0.3 is 0 Å². The fourth-order valence-corrected chi connectivity index (χ4v) is 13.2. The lowest BCUT2D eigenvalue weighted by Gasteiger charge is -2.33. The molecule has 0 radical (unpaired) electrons. The molecule has 0 unspecified atom stereocenters. The van der Waals surface area contributed by atoms with Gasteiger partial charge in [-0.1, -0.05) is 181 Å². The Morgan fingerprint density at radius 2 is 0.886 bits per heavy atom. The van der Waals surface area contributed by atoms with Crippen molar-refractivity contribution in [3.05, 3.63) is 263 Å². The molecule has 2 heterocycles. The Hall–Kier alpha value is -9.26. The van der Waals surface area contributed by atoms with Crippen LogP contribution in [0.25, 0.3) is 76.9 Å². The summed E-state index contributed by atoms with van der Waals surface area (Å²) in [5.74, 6) is -1.34. The molecule has 0 N–H and O–H groups in total. The maximum Gasteiger partial charge on any atom is 0.160 e. The maximum atomic E-state index is 17.1. The molecule has 79 heavy (non-hydrogen) atoms.